The highest BCUT2D eigenvalue weighted by molar-refractivity contribution is 6.06. The molecule has 2 aromatic carbocycles. The maximum atomic E-state index is 13.3. The number of hydrogen-bond acceptors (Lipinski definition) is 5. The fourth-order valence-corrected chi connectivity index (χ4v) is 6.73. The van der Waals surface area contributed by atoms with E-state index < -0.39 is 23.9 Å². The van der Waals surface area contributed by atoms with Crippen molar-refractivity contribution in [1.29, 1.82) is 0 Å². The number of rotatable bonds is 12. The zero-order chi connectivity index (χ0) is 28.1. The summed E-state index contributed by atoms with van der Waals surface area (Å²) < 4.78 is 0. The maximum absolute atomic E-state index is 13.3. The van der Waals surface area contributed by atoms with Crippen molar-refractivity contribution in [2.75, 3.05) is 13.2 Å². The van der Waals surface area contributed by atoms with Gasteiger partial charge in [-0.15, -0.1) is 0 Å². The van der Waals surface area contributed by atoms with Crippen LogP contribution in [0.2, 0.25) is 0 Å². The minimum absolute atomic E-state index is 0.123. The highest BCUT2D eigenvalue weighted by Crippen LogP contribution is 2.47. The summed E-state index contributed by atoms with van der Waals surface area (Å²) in [6.45, 7) is 6.31. The quantitative estimate of drug-likeness (QED) is 0.230. The molecule has 1 aliphatic carbocycles. The molecule has 3 N–H and O–H groups in total. The third-order valence-electron chi connectivity index (χ3n) is 8.43. The molecule has 2 amide bonds. The van der Waals surface area contributed by atoms with Gasteiger partial charge in [-0.1, -0.05) is 81.2 Å². The number of hydrogen-bond donors (Lipinski definition) is 3. The van der Waals surface area contributed by atoms with E-state index in [4.69, 9.17) is 0 Å². The highest BCUT2D eigenvalue weighted by atomic mass is 16.3. The second kappa shape index (κ2) is 12.9. The summed E-state index contributed by atoms with van der Waals surface area (Å²) in [4.78, 5) is 27.8. The molecule has 210 valence electrons. The molecule has 1 aliphatic heterocycles. The first kappa shape index (κ1) is 29.0. The molecule has 6 nitrogen and oxygen atoms in total. The number of aliphatic hydroxyl groups is 2. The number of aromatic hydroxyl groups is 1. The fourth-order valence-electron chi connectivity index (χ4n) is 6.73. The molecule has 2 aromatic rings. The molecule has 1 saturated heterocycles. The van der Waals surface area contributed by atoms with E-state index in [-0.39, 0.29) is 24.2 Å². The number of aliphatic hydroxyl groups excluding tert-OH is 2. The SMILES string of the molecule is CCCC1=C([C@H](O)CC/C(=C/c2ccc(O)c3ccccc23)CCC)[C@H](CO)[C@@H]2C(=O)N(CCC)C(=O)[C@@H]2C1. The third-order valence-corrected chi connectivity index (χ3v) is 8.43. The van der Waals surface area contributed by atoms with Crippen molar-refractivity contribution in [2.24, 2.45) is 17.8 Å². The van der Waals surface area contributed by atoms with Crippen molar-refractivity contribution in [1.82, 2.24) is 4.90 Å². The van der Waals surface area contributed by atoms with Gasteiger partial charge in [-0.25, -0.2) is 0 Å². The Kier molecular flexibility index (Phi) is 9.62. The van der Waals surface area contributed by atoms with Crippen LogP contribution in [0.1, 0.15) is 77.7 Å². The summed E-state index contributed by atoms with van der Waals surface area (Å²) in [5.74, 6) is -1.61. The lowest BCUT2D eigenvalue weighted by atomic mass is 9.67. The molecule has 2 aliphatic rings. The zero-order valence-corrected chi connectivity index (χ0v) is 23.5. The standard InChI is InChI=1S/C33H43NO5/c1-4-9-21(18-22-14-16-28(36)25-12-8-7-11-24(22)25)13-15-29(37)30-23(10-5-2)19-26-31(27(30)20-35)33(39)34(17-6-3)32(26)38/h7-8,11-12,14,16,18,26-27,29,31,35-37H,4-6,9-10,13,15,17,19-20H2,1-3H3/b21-18+/t26-,27+,29-,31-/m1/s1. The Morgan fingerprint density at radius 1 is 1.00 bits per heavy atom. The molecule has 0 radical (unpaired) electrons. The lowest BCUT2D eigenvalue weighted by Gasteiger charge is -2.36. The predicted octanol–water partition coefficient (Wildman–Crippen LogP) is 5.99. The summed E-state index contributed by atoms with van der Waals surface area (Å²) >= 11 is 0. The van der Waals surface area contributed by atoms with Gasteiger partial charge in [0.05, 0.1) is 24.5 Å². The van der Waals surface area contributed by atoms with E-state index in [1.165, 1.54) is 10.5 Å². The van der Waals surface area contributed by atoms with Crippen LogP contribution in [0, 0.1) is 17.8 Å². The first-order valence-electron chi connectivity index (χ1n) is 14.6. The van der Waals surface area contributed by atoms with Gasteiger partial charge in [0.1, 0.15) is 5.75 Å². The van der Waals surface area contributed by atoms with Crippen LogP contribution in [0.15, 0.2) is 53.1 Å². The number of carbonyl (C=O) groups excluding carboxylic acids is 2. The van der Waals surface area contributed by atoms with Crippen molar-refractivity contribution in [2.45, 2.75) is 78.2 Å². The Bertz CT molecular complexity index is 1260. The van der Waals surface area contributed by atoms with Crippen LogP contribution in [-0.2, 0) is 9.59 Å². The van der Waals surface area contributed by atoms with E-state index in [1.807, 2.05) is 37.3 Å². The molecule has 4 atom stereocenters. The molecule has 0 unspecified atom stereocenters. The van der Waals surface area contributed by atoms with E-state index in [2.05, 4.69) is 19.9 Å². The average molecular weight is 534 g/mol. The van der Waals surface area contributed by atoms with Gasteiger partial charge in [-0.05, 0) is 61.1 Å². The van der Waals surface area contributed by atoms with Crippen LogP contribution >= 0.6 is 0 Å². The summed E-state index contributed by atoms with van der Waals surface area (Å²) in [7, 11) is 0. The van der Waals surface area contributed by atoms with E-state index >= 15 is 0 Å². The first-order valence-corrected chi connectivity index (χ1v) is 14.6. The molecule has 4 rings (SSSR count). The van der Waals surface area contributed by atoms with E-state index in [1.54, 1.807) is 6.07 Å². The number of benzene rings is 2. The normalized spacial score (nSPS) is 22.6. The number of nitrogens with zero attached hydrogens (tertiary/aromatic N) is 1. The van der Waals surface area contributed by atoms with E-state index in [9.17, 15) is 24.9 Å². The van der Waals surface area contributed by atoms with Gasteiger partial charge >= 0.3 is 0 Å². The van der Waals surface area contributed by atoms with Crippen LogP contribution < -0.4 is 0 Å². The number of phenols is 1. The van der Waals surface area contributed by atoms with Gasteiger partial charge in [0, 0.05) is 17.8 Å². The number of imide groups is 1. The van der Waals surface area contributed by atoms with Gasteiger partial charge in [0.2, 0.25) is 11.8 Å². The molecular weight excluding hydrogens is 490 g/mol. The molecule has 39 heavy (non-hydrogen) atoms. The molecule has 0 aromatic heterocycles. The molecule has 0 bridgehead atoms. The Hall–Kier alpha value is -2.96. The Balaban J connectivity index is 1.61. The second-order valence-corrected chi connectivity index (χ2v) is 11.1. The minimum Gasteiger partial charge on any atom is -0.507 e. The number of amides is 2. The van der Waals surface area contributed by atoms with Crippen molar-refractivity contribution in [3.05, 3.63) is 58.7 Å². The number of fused-ring (bicyclic) bond motifs is 2. The third kappa shape index (κ3) is 5.82. The van der Waals surface area contributed by atoms with Crippen LogP contribution in [0.4, 0.5) is 0 Å². The minimum atomic E-state index is -0.787. The summed E-state index contributed by atoms with van der Waals surface area (Å²) in [6, 6.07) is 11.4. The topological polar surface area (TPSA) is 98.1 Å². The zero-order valence-electron chi connectivity index (χ0n) is 23.5. The van der Waals surface area contributed by atoms with Gasteiger partial charge < -0.3 is 15.3 Å². The molecule has 0 spiro atoms. The van der Waals surface area contributed by atoms with Gasteiger partial charge in [-0.3, -0.25) is 14.5 Å². The largest absolute Gasteiger partial charge is 0.507 e. The lowest BCUT2D eigenvalue weighted by molar-refractivity contribution is -0.140. The Labute approximate surface area is 232 Å². The van der Waals surface area contributed by atoms with Crippen LogP contribution in [-0.4, -0.2) is 51.3 Å². The Morgan fingerprint density at radius 2 is 1.74 bits per heavy atom. The second-order valence-electron chi connectivity index (χ2n) is 11.1. The molecular formula is C33H43NO5. The van der Waals surface area contributed by atoms with Crippen LogP contribution in [0.5, 0.6) is 5.75 Å². The highest BCUT2D eigenvalue weighted by Gasteiger charge is 2.54. The maximum Gasteiger partial charge on any atom is 0.233 e. The number of phenolic OH excluding ortho intramolecular Hbond substituents is 1. The molecule has 0 saturated carbocycles. The number of likely N-dealkylation sites (tertiary alicyclic amines) is 1. The molecule has 1 heterocycles. The predicted molar refractivity (Wildman–Crippen MR) is 155 cm³/mol. The fraction of sp³-hybridized carbons (Fsp3) is 0.515. The van der Waals surface area contributed by atoms with Gasteiger partial charge in [0.15, 0.2) is 0 Å². The van der Waals surface area contributed by atoms with Gasteiger partial charge in [0.25, 0.3) is 0 Å². The van der Waals surface area contributed by atoms with Crippen molar-refractivity contribution in [3.8, 4) is 5.75 Å². The molecule has 1 fully saturated rings. The van der Waals surface area contributed by atoms with E-state index in [0.29, 0.717) is 32.2 Å². The van der Waals surface area contributed by atoms with Crippen LogP contribution in [0.25, 0.3) is 16.8 Å². The number of carbonyl (C=O) groups is 2. The summed E-state index contributed by atoms with van der Waals surface area (Å²) in [5, 5.41) is 34.1. The van der Waals surface area contributed by atoms with Crippen molar-refractivity contribution in [3.63, 3.8) is 0 Å². The van der Waals surface area contributed by atoms with Crippen LogP contribution in [0.3, 0.4) is 0 Å². The molecule has 6 heteroatoms. The first-order chi connectivity index (χ1) is 18.9. The summed E-state index contributed by atoms with van der Waals surface area (Å²) in [5.41, 5.74) is 4.06. The monoisotopic (exact) mass is 533 g/mol. The smallest absolute Gasteiger partial charge is 0.233 e. The number of allylic oxidation sites excluding steroid dienone is 2. The van der Waals surface area contributed by atoms with Gasteiger partial charge in [-0.2, -0.15) is 0 Å². The van der Waals surface area contributed by atoms with Crippen molar-refractivity contribution >= 4 is 28.7 Å². The van der Waals surface area contributed by atoms with Crippen molar-refractivity contribution < 1.29 is 24.9 Å². The lowest BCUT2D eigenvalue weighted by Crippen LogP contribution is -2.39. The van der Waals surface area contributed by atoms with E-state index in [0.717, 1.165) is 53.2 Å². The summed E-state index contributed by atoms with van der Waals surface area (Å²) in [6.07, 6.45) is 7.20. The Morgan fingerprint density at radius 3 is 2.41 bits per heavy atom. The average Bonchev–Trinajstić information content (AvgIpc) is 3.17.